The van der Waals surface area contributed by atoms with Gasteiger partial charge in [-0.3, -0.25) is 0 Å². The molecule has 1 aliphatic rings. The molecule has 1 aromatic rings. The van der Waals surface area contributed by atoms with Crippen LogP contribution in [0.2, 0.25) is 5.02 Å². The molecule has 1 aromatic carbocycles. The topological polar surface area (TPSA) is 46.5 Å². The standard InChI is InChI=1S/C12H12BrClO3/c13-8-4-5-10(9(14)6-8)17-11(12(15)16)7-2-1-3-7/h4-7,11H,1-3H2,(H,15,16)/t11-/m0/s1. The van der Waals surface area contributed by atoms with Crippen molar-refractivity contribution in [1.82, 2.24) is 0 Å². The lowest BCUT2D eigenvalue weighted by molar-refractivity contribution is -0.149. The fourth-order valence-electron chi connectivity index (χ4n) is 1.80. The predicted molar refractivity (Wildman–Crippen MR) is 68.5 cm³/mol. The van der Waals surface area contributed by atoms with Gasteiger partial charge in [-0.1, -0.05) is 34.0 Å². The molecule has 0 amide bonds. The number of benzene rings is 1. The van der Waals surface area contributed by atoms with Gasteiger partial charge in [0.2, 0.25) is 0 Å². The molecule has 0 bridgehead atoms. The fourth-order valence-corrected chi connectivity index (χ4v) is 2.52. The first kappa shape index (κ1) is 12.7. The molecule has 1 aliphatic carbocycles. The Morgan fingerprint density at radius 3 is 2.71 bits per heavy atom. The Hall–Kier alpha value is -0.740. The van der Waals surface area contributed by atoms with Gasteiger partial charge < -0.3 is 9.84 Å². The van der Waals surface area contributed by atoms with Crippen LogP contribution in [0.15, 0.2) is 22.7 Å². The van der Waals surface area contributed by atoms with Gasteiger partial charge in [-0.15, -0.1) is 0 Å². The van der Waals surface area contributed by atoms with Gasteiger partial charge in [-0.25, -0.2) is 4.79 Å². The van der Waals surface area contributed by atoms with Crippen LogP contribution in [0.3, 0.4) is 0 Å². The molecule has 0 radical (unpaired) electrons. The lowest BCUT2D eigenvalue weighted by Gasteiger charge is -2.31. The molecule has 17 heavy (non-hydrogen) atoms. The molecule has 92 valence electrons. The molecular formula is C12H12BrClO3. The third kappa shape index (κ3) is 2.93. The summed E-state index contributed by atoms with van der Waals surface area (Å²) >= 11 is 9.29. The van der Waals surface area contributed by atoms with Crippen molar-refractivity contribution in [2.45, 2.75) is 25.4 Å². The quantitative estimate of drug-likeness (QED) is 0.919. The van der Waals surface area contributed by atoms with E-state index >= 15 is 0 Å². The van der Waals surface area contributed by atoms with Crippen molar-refractivity contribution in [1.29, 1.82) is 0 Å². The predicted octanol–water partition coefficient (Wildman–Crippen LogP) is 3.73. The van der Waals surface area contributed by atoms with Crippen molar-refractivity contribution >= 4 is 33.5 Å². The smallest absolute Gasteiger partial charge is 0.345 e. The van der Waals surface area contributed by atoms with E-state index in [0.717, 1.165) is 23.7 Å². The van der Waals surface area contributed by atoms with Crippen LogP contribution < -0.4 is 4.74 Å². The Kier molecular flexibility index (Phi) is 3.94. The van der Waals surface area contributed by atoms with Crippen molar-refractivity contribution in [2.75, 3.05) is 0 Å². The largest absolute Gasteiger partial charge is 0.478 e. The average Bonchev–Trinajstić information content (AvgIpc) is 2.17. The minimum atomic E-state index is -0.923. The van der Waals surface area contributed by atoms with Crippen LogP contribution in [-0.2, 0) is 4.79 Å². The number of rotatable bonds is 4. The second kappa shape index (κ2) is 5.27. The van der Waals surface area contributed by atoms with Gasteiger partial charge in [0.05, 0.1) is 5.02 Å². The summed E-state index contributed by atoms with van der Waals surface area (Å²) in [5, 5.41) is 9.56. The van der Waals surface area contributed by atoms with Gasteiger partial charge in [0.1, 0.15) is 5.75 Å². The van der Waals surface area contributed by atoms with Crippen LogP contribution in [0.5, 0.6) is 5.75 Å². The molecule has 0 aliphatic heterocycles. The zero-order valence-electron chi connectivity index (χ0n) is 9.03. The summed E-state index contributed by atoms with van der Waals surface area (Å²) in [5.74, 6) is -0.393. The number of halogens is 2. The van der Waals surface area contributed by atoms with E-state index in [9.17, 15) is 4.79 Å². The third-order valence-electron chi connectivity index (χ3n) is 2.97. The van der Waals surface area contributed by atoms with Crippen LogP contribution in [0.25, 0.3) is 0 Å². The van der Waals surface area contributed by atoms with Crippen LogP contribution in [0.4, 0.5) is 0 Å². The van der Waals surface area contributed by atoms with Gasteiger partial charge in [0.15, 0.2) is 6.10 Å². The Labute approximate surface area is 113 Å². The molecule has 1 fully saturated rings. The first-order chi connectivity index (χ1) is 8.08. The second-order valence-corrected chi connectivity index (χ2v) is 5.47. The van der Waals surface area contributed by atoms with Crippen molar-refractivity contribution in [3.63, 3.8) is 0 Å². The van der Waals surface area contributed by atoms with E-state index in [-0.39, 0.29) is 5.92 Å². The van der Waals surface area contributed by atoms with E-state index in [2.05, 4.69) is 15.9 Å². The molecule has 0 aromatic heterocycles. The molecule has 1 saturated carbocycles. The number of carboxylic acid groups (broad SMARTS) is 1. The van der Waals surface area contributed by atoms with E-state index in [4.69, 9.17) is 21.4 Å². The summed E-state index contributed by atoms with van der Waals surface area (Å²) in [4.78, 5) is 11.1. The van der Waals surface area contributed by atoms with Crippen LogP contribution in [-0.4, -0.2) is 17.2 Å². The summed E-state index contributed by atoms with van der Waals surface area (Å²) in [6.07, 6.45) is 2.10. The lowest BCUT2D eigenvalue weighted by Crippen LogP contribution is -2.38. The van der Waals surface area contributed by atoms with Crippen molar-refractivity contribution < 1.29 is 14.6 Å². The minimum Gasteiger partial charge on any atom is -0.478 e. The van der Waals surface area contributed by atoms with Gasteiger partial charge >= 0.3 is 5.97 Å². The highest BCUT2D eigenvalue weighted by Gasteiger charge is 2.34. The average molecular weight is 320 g/mol. The van der Waals surface area contributed by atoms with Crippen LogP contribution >= 0.6 is 27.5 Å². The van der Waals surface area contributed by atoms with Gasteiger partial charge in [-0.05, 0) is 31.0 Å². The molecule has 0 saturated heterocycles. The van der Waals surface area contributed by atoms with Gasteiger partial charge in [-0.2, -0.15) is 0 Å². The molecule has 1 atom stereocenters. The first-order valence-corrected chi connectivity index (χ1v) is 6.59. The Morgan fingerprint density at radius 1 is 1.53 bits per heavy atom. The summed E-state index contributed by atoms with van der Waals surface area (Å²) < 4.78 is 6.35. The summed E-state index contributed by atoms with van der Waals surface area (Å²) in [6.45, 7) is 0. The van der Waals surface area contributed by atoms with E-state index < -0.39 is 12.1 Å². The Bertz CT molecular complexity index is 432. The van der Waals surface area contributed by atoms with E-state index in [1.54, 1.807) is 18.2 Å². The number of hydrogen-bond donors (Lipinski definition) is 1. The molecule has 5 heteroatoms. The number of carbonyl (C=O) groups is 1. The first-order valence-electron chi connectivity index (χ1n) is 5.42. The van der Waals surface area contributed by atoms with Crippen molar-refractivity contribution in [3.8, 4) is 5.75 Å². The van der Waals surface area contributed by atoms with Crippen molar-refractivity contribution in [2.24, 2.45) is 5.92 Å². The Balaban J connectivity index is 2.14. The second-order valence-electron chi connectivity index (χ2n) is 4.14. The molecule has 0 heterocycles. The van der Waals surface area contributed by atoms with E-state index in [1.807, 2.05) is 0 Å². The monoisotopic (exact) mass is 318 g/mol. The number of hydrogen-bond acceptors (Lipinski definition) is 2. The van der Waals surface area contributed by atoms with Gasteiger partial charge in [0.25, 0.3) is 0 Å². The molecule has 2 rings (SSSR count). The van der Waals surface area contributed by atoms with Crippen LogP contribution in [0.1, 0.15) is 19.3 Å². The molecule has 3 nitrogen and oxygen atoms in total. The molecule has 0 unspecified atom stereocenters. The summed E-state index contributed by atoms with van der Waals surface area (Å²) in [5.41, 5.74) is 0. The fraction of sp³-hybridized carbons (Fsp3) is 0.417. The highest BCUT2D eigenvalue weighted by molar-refractivity contribution is 9.10. The lowest BCUT2D eigenvalue weighted by atomic mass is 9.81. The van der Waals surface area contributed by atoms with Crippen molar-refractivity contribution in [3.05, 3.63) is 27.7 Å². The SMILES string of the molecule is O=C(O)[C@@H](Oc1ccc(Br)cc1Cl)C1CCC1. The maximum atomic E-state index is 11.1. The van der Waals surface area contributed by atoms with E-state index in [0.29, 0.717) is 10.8 Å². The highest BCUT2D eigenvalue weighted by Crippen LogP contribution is 2.35. The Morgan fingerprint density at radius 2 is 2.24 bits per heavy atom. The maximum absolute atomic E-state index is 11.1. The molecule has 0 spiro atoms. The normalized spacial score (nSPS) is 17.3. The summed E-state index contributed by atoms with van der Waals surface area (Å²) in [6, 6.07) is 5.15. The molecular weight excluding hydrogens is 307 g/mol. The summed E-state index contributed by atoms with van der Waals surface area (Å²) in [7, 11) is 0. The number of ether oxygens (including phenoxy) is 1. The number of aliphatic carboxylic acids is 1. The molecule has 1 N–H and O–H groups in total. The van der Waals surface area contributed by atoms with E-state index in [1.165, 1.54) is 0 Å². The van der Waals surface area contributed by atoms with Crippen LogP contribution in [0, 0.1) is 5.92 Å². The zero-order chi connectivity index (χ0) is 12.4. The zero-order valence-corrected chi connectivity index (χ0v) is 11.4. The van der Waals surface area contributed by atoms with Gasteiger partial charge in [0, 0.05) is 10.4 Å². The maximum Gasteiger partial charge on any atom is 0.345 e. The minimum absolute atomic E-state index is 0.104. The third-order valence-corrected chi connectivity index (χ3v) is 3.76. The number of carboxylic acids is 1. The highest BCUT2D eigenvalue weighted by atomic mass is 79.9.